The van der Waals surface area contributed by atoms with Gasteiger partial charge in [0.1, 0.15) is 5.82 Å². The number of rotatable bonds is 9. The lowest BCUT2D eigenvalue weighted by atomic mass is 10.1. The van der Waals surface area contributed by atoms with Crippen molar-refractivity contribution in [3.8, 4) is 0 Å². The largest absolute Gasteiger partial charge is 0.394 e. The van der Waals surface area contributed by atoms with Crippen molar-refractivity contribution in [1.29, 1.82) is 0 Å². The van der Waals surface area contributed by atoms with Crippen LogP contribution in [0.4, 0.5) is 10.6 Å². The Morgan fingerprint density at radius 1 is 1.33 bits per heavy atom. The summed E-state index contributed by atoms with van der Waals surface area (Å²) in [5, 5.41) is 21.2. The molecule has 3 N–H and O–H groups in total. The molecule has 1 saturated carbocycles. The van der Waals surface area contributed by atoms with Crippen molar-refractivity contribution >= 4 is 35.2 Å². The first-order valence-electron chi connectivity index (χ1n) is 10.4. The molecule has 30 heavy (non-hydrogen) atoms. The number of aryl methyl sites for hydroxylation is 1. The molecule has 2 heterocycles. The van der Waals surface area contributed by atoms with Crippen LogP contribution >= 0.6 is 23.4 Å². The molecule has 7 nitrogen and oxygen atoms in total. The number of thioether (sulfide) groups is 1. The summed E-state index contributed by atoms with van der Waals surface area (Å²) in [6.07, 6.45) is 3.05. The van der Waals surface area contributed by atoms with Gasteiger partial charge in [-0.3, -0.25) is 10.00 Å². The standard InChI is InChI=1S/C21H28ClN5O2S/c1-26-20(10-19(25-26)14-2-3-14)24-21(29)23-16(13-28)8-9-27-11-18(12-27)30-17-6-4-15(22)5-7-17/h4-7,10,14,16,18,28H,2-3,8-9,11-13H2,1H3,(H2,23,24,29)/t16-/m0/s1. The maximum Gasteiger partial charge on any atom is 0.320 e. The normalized spacial score (nSPS) is 18.1. The Morgan fingerprint density at radius 2 is 2.07 bits per heavy atom. The fourth-order valence-electron chi connectivity index (χ4n) is 3.56. The second-order valence-electron chi connectivity index (χ2n) is 8.07. The third kappa shape index (κ3) is 5.69. The Hall–Kier alpha value is -1.74. The lowest BCUT2D eigenvalue weighted by Crippen LogP contribution is -2.51. The van der Waals surface area contributed by atoms with Gasteiger partial charge in [0, 0.05) is 53.8 Å². The summed E-state index contributed by atoms with van der Waals surface area (Å²) < 4.78 is 1.69. The van der Waals surface area contributed by atoms with Gasteiger partial charge in [-0.2, -0.15) is 5.10 Å². The Bertz CT molecular complexity index is 865. The average molecular weight is 450 g/mol. The zero-order valence-corrected chi connectivity index (χ0v) is 18.6. The van der Waals surface area contributed by atoms with E-state index in [1.165, 1.54) is 17.7 Å². The minimum absolute atomic E-state index is 0.0804. The molecular weight excluding hydrogens is 422 g/mol. The number of aromatic nitrogens is 2. The van der Waals surface area contributed by atoms with Gasteiger partial charge in [0.25, 0.3) is 0 Å². The summed E-state index contributed by atoms with van der Waals surface area (Å²) in [5.41, 5.74) is 1.04. The topological polar surface area (TPSA) is 82.4 Å². The van der Waals surface area contributed by atoms with E-state index in [2.05, 4.69) is 32.8 Å². The number of nitrogens with zero attached hydrogens (tertiary/aromatic N) is 3. The molecule has 2 fully saturated rings. The number of urea groups is 1. The van der Waals surface area contributed by atoms with Gasteiger partial charge in [-0.25, -0.2) is 4.79 Å². The van der Waals surface area contributed by atoms with E-state index in [1.54, 1.807) is 4.68 Å². The summed E-state index contributed by atoms with van der Waals surface area (Å²) in [6.45, 7) is 2.79. The summed E-state index contributed by atoms with van der Waals surface area (Å²) in [5.74, 6) is 1.22. The van der Waals surface area contributed by atoms with Crippen molar-refractivity contribution < 1.29 is 9.90 Å². The van der Waals surface area contributed by atoms with Gasteiger partial charge in [-0.15, -0.1) is 11.8 Å². The second kappa shape index (κ2) is 9.60. The lowest BCUT2D eigenvalue weighted by molar-refractivity contribution is 0.164. The third-order valence-corrected chi connectivity index (χ3v) is 6.95. The van der Waals surface area contributed by atoms with E-state index < -0.39 is 0 Å². The first kappa shape index (κ1) is 21.5. The molecule has 2 aliphatic rings. The Kier molecular flexibility index (Phi) is 6.87. The number of carbonyl (C=O) groups excluding carboxylic acids is 1. The molecule has 0 bridgehead atoms. The van der Waals surface area contributed by atoms with Crippen LogP contribution in [0, 0.1) is 0 Å². The quantitative estimate of drug-likeness (QED) is 0.547. The van der Waals surface area contributed by atoms with E-state index in [0.717, 1.165) is 30.4 Å². The van der Waals surface area contributed by atoms with E-state index in [1.807, 2.05) is 37.0 Å². The highest BCUT2D eigenvalue weighted by Gasteiger charge is 2.29. The third-order valence-electron chi connectivity index (χ3n) is 5.53. The monoisotopic (exact) mass is 449 g/mol. The van der Waals surface area contributed by atoms with E-state index in [-0.39, 0.29) is 18.7 Å². The molecule has 1 aromatic heterocycles. The van der Waals surface area contributed by atoms with Crippen LogP contribution in [-0.2, 0) is 7.05 Å². The average Bonchev–Trinajstić information content (AvgIpc) is 3.48. The molecule has 9 heteroatoms. The predicted molar refractivity (Wildman–Crippen MR) is 120 cm³/mol. The number of benzene rings is 1. The van der Waals surface area contributed by atoms with Crippen LogP contribution in [0.3, 0.4) is 0 Å². The molecule has 2 aromatic rings. The molecule has 2 amide bonds. The smallest absolute Gasteiger partial charge is 0.320 e. The maximum atomic E-state index is 12.3. The van der Waals surface area contributed by atoms with Gasteiger partial charge in [0.05, 0.1) is 18.3 Å². The van der Waals surface area contributed by atoms with Gasteiger partial charge >= 0.3 is 6.03 Å². The van der Waals surface area contributed by atoms with Crippen LogP contribution in [0.2, 0.25) is 5.02 Å². The Balaban J connectivity index is 1.16. The van der Waals surface area contributed by atoms with Crippen molar-refractivity contribution in [3.05, 3.63) is 41.0 Å². The molecule has 0 spiro atoms. The second-order valence-corrected chi connectivity index (χ2v) is 9.88. The maximum absolute atomic E-state index is 12.3. The van der Waals surface area contributed by atoms with Gasteiger partial charge in [0.15, 0.2) is 0 Å². The molecule has 162 valence electrons. The van der Waals surface area contributed by atoms with E-state index in [4.69, 9.17) is 11.6 Å². The fourth-order valence-corrected chi connectivity index (χ4v) is 4.93. The highest BCUT2D eigenvalue weighted by Crippen LogP contribution is 2.39. The zero-order valence-electron chi connectivity index (χ0n) is 17.1. The lowest BCUT2D eigenvalue weighted by Gasteiger charge is -2.39. The molecule has 1 aliphatic heterocycles. The SMILES string of the molecule is Cn1nc(C2CC2)cc1NC(=O)N[C@H](CO)CCN1CC(Sc2ccc(Cl)cc2)C1. The van der Waals surface area contributed by atoms with Crippen molar-refractivity contribution in [2.24, 2.45) is 7.05 Å². The minimum atomic E-state index is -0.306. The van der Waals surface area contributed by atoms with Crippen LogP contribution in [-0.4, -0.2) is 63.4 Å². The van der Waals surface area contributed by atoms with Gasteiger partial charge in [-0.1, -0.05) is 11.6 Å². The van der Waals surface area contributed by atoms with E-state index >= 15 is 0 Å². The first-order valence-corrected chi connectivity index (χ1v) is 11.6. The van der Waals surface area contributed by atoms with Crippen molar-refractivity contribution in [2.75, 3.05) is 31.6 Å². The van der Waals surface area contributed by atoms with E-state index in [9.17, 15) is 9.90 Å². The predicted octanol–water partition coefficient (Wildman–Crippen LogP) is 3.30. The number of likely N-dealkylation sites (tertiary alicyclic amines) is 1. The number of aliphatic hydroxyl groups excluding tert-OH is 1. The van der Waals surface area contributed by atoms with Gasteiger partial charge in [-0.05, 0) is 43.5 Å². The molecule has 1 atom stereocenters. The zero-order chi connectivity index (χ0) is 21.1. The Morgan fingerprint density at radius 3 is 2.73 bits per heavy atom. The summed E-state index contributed by atoms with van der Waals surface area (Å²) in [6, 6.07) is 9.29. The number of anilines is 1. The molecule has 4 rings (SSSR count). The molecule has 0 radical (unpaired) electrons. The highest BCUT2D eigenvalue weighted by molar-refractivity contribution is 8.00. The number of carbonyl (C=O) groups is 1. The summed E-state index contributed by atoms with van der Waals surface area (Å²) in [7, 11) is 1.83. The van der Waals surface area contributed by atoms with Gasteiger partial charge < -0.3 is 15.3 Å². The van der Waals surface area contributed by atoms with Crippen molar-refractivity contribution in [3.63, 3.8) is 0 Å². The summed E-state index contributed by atoms with van der Waals surface area (Å²) >= 11 is 7.80. The van der Waals surface area contributed by atoms with Crippen LogP contribution in [0.25, 0.3) is 0 Å². The van der Waals surface area contributed by atoms with Gasteiger partial charge in [0.2, 0.25) is 0 Å². The summed E-state index contributed by atoms with van der Waals surface area (Å²) in [4.78, 5) is 15.9. The highest BCUT2D eigenvalue weighted by atomic mass is 35.5. The Labute approximate surface area is 186 Å². The number of hydrogen-bond donors (Lipinski definition) is 3. The van der Waals surface area contributed by atoms with Crippen LogP contribution in [0.15, 0.2) is 35.2 Å². The van der Waals surface area contributed by atoms with Crippen LogP contribution < -0.4 is 10.6 Å². The number of hydrogen-bond acceptors (Lipinski definition) is 5. The number of nitrogens with one attached hydrogen (secondary N) is 2. The van der Waals surface area contributed by atoms with Crippen LogP contribution in [0.5, 0.6) is 0 Å². The van der Waals surface area contributed by atoms with E-state index in [0.29, 0.717) is 23.4 Å². The number of amides is 2. The number of aliphatic hydroxyl groups is 1. The molecule has 1 saturated heterocycles. The fraction of sp³-hybridized carbons (Fsp3) is 0.524. The molecular formula is C21H28ClN5O2S. The van der Waals surface area contributed by atoms with Crippen molar-refractivity contribution in [1.82, 2.24) is 20.0 Å². The molecule has 0 unspecified atom stereocenters. The molecule has 1 aliphatic carbocycles. The minimum Gasteiger partial charge on any atom is -0.394 e. The number of halogens is 1. The molecule has 1 aromatic carbocycles. The van der Waals surface area contributed by atoms with Crippen molar-refractivity contribution in [2.45, 2.75) is 41.4 Å². The van der Waals surface area contributed by atoms with Crippen LogP contribution in [0.1, 0.15) is 30.9 Å². The first-order chi connectivity index (χ1) is 14.5.